The molecule has 27 heavy (non-hydrogen) atoms. The predicted molar refractivity (Wildman–Crippen MR) is 108 cm³/mol. The monoisotopic (exact) mass is 383 g/mol. The number of nitrogens with zero attached hydrogens (tertiary/aromatic N) is 2. The lowest BCUT2D eigenvalue weighted by Gasteiger charge is -2.19. The average molecular weight is 384 g/mol. The van der Waals surface area contributed by atoms with E-state index < -0.39 is 0 Å². The SMILES string of the molecule is O=c1c2cc(O)ccc2c(Cc2ccc(Cl)cc2)nn1C1CCCNCC1. The minimum atomic E-state index is -0.132. The van der Waals surface area contributed by atoms with Crippen LogP contribution in [0.1, 0.15) is 36.6 Å². The number of rotatable bonds is 3. The molecule has 1 aliphatic rings. The van der Waals surface area contributed by atoms with Gasteiger partial charge in [-0.15, -0.1) is 0 Å². The van der Waals surface area contributed by atoms with Crippen molar-refractivity contribution in [2.45, 2.75) is 31.7 Å². The van der Waals surface area contributed by atoms with Gasteiger partial charge in [0.25, 0.3) is 5.56 Å². The van der Waals surface area contributed by atoms with E-state index in [2.05, 4.69) is 5.32 Å². The van der Waals surface area contributed by atoms with E-state index in [1.165, 1.54) is 0 Å². The lowest BCUT2D eigenvalue weighted by atomic mass is 10.0. The van der Waals surface area contributed by atoms with E-state index in [1.54, 1.807) is 22.9 Å². The molecule has 1 aliphatic heterocycles. The molecule has 3 aromatic rings. The fourth-order valence-corrected chi connectivity index (χ4v) is 3.86. The highest BCUT2D eigenvalue weighted by molar-refractivity contribution is 6.30. The summed E-state index contributed by atoms with van der Waals surface area (Å²) >= 11 is 6.00. The molecule has 1 fully saturated rings. The second-order valence-electron chi connectivity index (χ2n) is 7.06. The van der Waals surface area contributed by atoms with Gasteiger partial charge in [0.2, 0.25) is 0 Å². The minimum absolute atomic E-state index is 0.0724. The van der Waals surface area contributed by atoms with Gasteiger partial charge in [-0.3, -0.25) is 4.79 Å². The lowest BCUT2D eigenvalue weighted by Crippen LogP contribution is -2.29. The Morgan fingerprint density at radius 2 is 1.93 bits per heavy atom. The van der Waals surface area contributed by atoms with E-state index in [0.29, 0.717) is 16.8 Å². The quantitative estimate of drug-likeness (QED) is 0.724. The van der Waals surface area contributed by atoms with Gasteiger partial charge in [-0.25, -0.2) is 4.68 Å². The number of aromatic hydroxyl groups is 1. The molecular formula is C21H22ClN3O2. The van der Waals surface area contributed by atoms with Gasteiger partial charge in [-0.1, -0.05) is 23.7 Å². The van der Waals surface area contributed by atoms with Crippen molar-refractivity contribution in [2.75, 3.05) is 13.1 Å². The summed E-state index contributed by atoms with van der Waals surface area (Å²) in [5, 5.41) is 20.1. The number of hydrogen-bond donors (Lipinski definition) is 2. The maximum absolute atomic E-state index is 13.1. The van der Waals surface area contributed by atoms with Crippen molar-refractivity contribution in [1.82, 2.24) is 15.1 Å². The van der Waals surface area contributed by atoms with Gasteiger partial charge in [0.05, 0.1) is 17.1 Å². The highest BCUT2D eigenvalue weighted by Gasteiger charge is 2.20. The zero-order chi connectivity index (χ0) is 18.8. The Balaban J connectivity index is 1.84. The Kier molecular flexibility index (Phi) is 5.14. The molecule has 0 spiro atoms. The highest BCUT2D eigenvalue weighted by atomic mass is 35.5. The third-order valence-electron chi connectivity index (χ3n) is 5.16. The van der Waals surface area contributed by atoms with Crippen LogP contribution in [0.3, 0.4) is 0 Å². The summed E-state index contributed by atoms with van der Waals surface area (Å²) in [6.45, 7) is 1.85. The smallest absolute Gasteiger partial charge is 0.275 e. The number of fused-ring (bicyclic) bond motifs is 1. The Labute approximate surface area is 162 Å². The van der Waals surface area contributed by atoms with Gasteiger partial charge in [0.15, 0.2) is 0 Å². The van der Waals surface area contributed by atoms with Gasteiger partial charge in [0, 0.05) is 16.8 Å². The summed E-state index contributed by atoms with van der Waals surface area (Å²) in [6, 6.07) is 12.7. The van der Waals surface area contributed by atoms with Gasteiger partial charge in [0.1, 0.15) is 5.75 Å². The van der Waals surface area contributed by atoms with Gasteiger partial charge in [-0.05, 0) is 68.2 Å². The predicted octanol–water partition coefficient (Wildman–Crippen LogP) is 3.66. The number of phenols is 1. The fourth-order valence-electron chi connectivity index (χ4n) is 3.73. The summed E-state index contributed by atoms with van der Waals surface area (Å²) in [7, 11) is 0. The summed E-state index contributed by atoms with van der Waals surface area (Å²) in [5.41, 5.74) is 1.78. The molecule has 6 heteroatoms. The van der Waals surface area contributed by atoms with Crippen molar-refractivity contribution in [1.29, 1.82) is 0 Å². The first-order chi connectivity index (χ1) is 13.1. The van der Waals surface area contributed by atoms with E-state index in [9.17, 15) is 9.90 Å². The van der Waals surface area contributed by atoms with Crippen LogP contribution in [-0.4, -0.2) is 28.0 Å². The molecule has 140 valence electrons. The molecule has 1 aromatic heterocycles. The third kappa shape index (κ3) is 3.84. The largest absolute Gasteiger partial charge is 0.508 e. The molecule has 2 heterocycles. The summed E-state index contributed by atoms with van der Waals surface area (Å²) in [6.07, 6.45) is 3.41. The molecule has 4 rings (SSSR count). The molecule has 0 amide bonds. The van der Waals surface area contributed by atoms with Crippen LogP contribution >= 0.6 is 11.6 Å². The summed E-state index contributed by atoms with van der Waals surface area (Å²) < 4.78 is 1.64. The van der Waals surface area contributed by atoms with E-state index >= 15 is 0 Å². The first-order valence-electron chi connectivity index (χ1n) is 9.31. The van der Waals surface area contributed by atoms with Crippen LogP contribution in [0.2, 0.25) is 5.02 Å². The van der Waals surface area contributed by atoms with Crippen molar-refractivity contribution < 1.29 is 5.11 Å². The molecule has 0 radical (unpaired) electrons. The molecule has 1 atom stereocenters. The van der Waals surface area contributed by atoms with Crippen molar-refractivity contribution in [3.63, 3.8) is 0 Å². The number of hydrogen-bond acceptors (Lipinski definition) is 4. The summed E-state index contributed by atoms with van der Waals surface area (Å²) in [5.74, 6) is 0.0947. The molecule has 0 bridgehead atoms. The lowest BCUT2D eigenvalue weighted by molar-refractivity contribution is 0.395. The van der Waals surface area contributed by atoms with Crippen molar-refractivity contribution >= 4 is 22.4 Å². The highest BCUT2D eigenvalue weighted by Crippen LogP contribution is 2.24. The van der Waals surface area contributed by atoms with Crippen molar-refractivity contribution in [3.05, 3.63) is 69.1 Å². The molecule has 2 N–H and O–H groups in total. The number of halogens is 1. The Bertz CT molecular complexity index is 1010. The molecule has 1 unspecified atom stereocenters. The first kappa shape index (κ1) is 18.0. The zero-order valence-electron chi connectivity index (χ0n) is 15.0. The molecule has 2 aromatic carbocycles. The normalized spacial score (nSPS) is 17.7. The number of nitrogens with one attached hydrogen (secondary N) is 1. The fraction of sp³-hybridized carbons (Fsp3) is 0.333. The molecule has 0 aliphatic carbocycles. The third-order valence-corrected chi connectivity index (χ3v) is 5.41. The Morgan fingerprint density at radius 1 is 1.11 bits per heavy atom. The van der Waals surface area contributed by atoms with Gasteiger partial charge in [-0.2, -0.15) is 5.10 Å². The van der Waals surface area contributed by atoms with Crippen molar-refractivity contribution in [2.24, 2.45) is 0 Å². The maximum atomic E-state index is 13.1. The number of phenolic OH excluding ortho intramolecular Hbond substituents is 1. The zero-order valence-corrected chi connectivity index (χ0v) is 15.7. The van der Waals surface area contributed by atoms with E-state index in [1.807, 2.05) is 24.3 Å². The van der Waals surface area contributed by atoms with E-state index in [4.69, 9.17) is 16.7 Å². The minimum Gasteiger partial charge on any atom is -0.508 e. The van der Waals surface area contributed by atoms with Crippen LogP contribution in [0.4, 0.5) is 0 Å². The van der Waals surface area contributed by atoms with Crippen LogP contribution in [0.15, 0.2) is 47.3 Å². The second kappa shape index (κ2) is 7.71. The van der Waals surface area contributed by atoms with Gasteiger partial charge >= 0.3 is 0 Å². The van der Waals surface area contributed by atoms with Gasteiger partial charge < -0.3 is 10.4 Å². The molecule has 1 saturated heterocycles. The van der Waals surface area contributed by atoms with Crippen LogP contribution in [0.5, 0.6) is 5.75 Å². The first-order valence-corrected chi connectivity index (χ1v) is 9.69. The molecule has 0 saturated carbocycles. The summed E-state index contributed by atoms with van der Waals surface area (Å²) in [4.78, 5) is 13.1. The Hall–Kier alpha value is -2.37. The van der Waals surface area contributed by atoms with E-state index in [0.717, 1.165) is 49.0 Å². The maximum Gasteiger partial charge on any atom is 0.275 e. The molecular weight excluding hydrogens is 362 g/mol. The van der Waals surface area contributed by atoms with Crippen LogP contribution < -0.4 is 10.9 Å². The van der Waals surface area contributed by atoms with E-state index in [-0.39, 0.29) is 17.4 Å². The van der Waals surface area contributed by atoms with Crippen LogP contribution in [0.25, 0.3) is 10.8 Å². The average Bonchev–Trinajstić information content (AvgIpc) is 2.95. The van der Waals surface area contributed by atoms with Crippen LogP contribution in [-0.2, 0) is 6.42 Å². The molecule has 5 nitrogen and oxygen atoms in total. The number of benzene rings is 2. The standard InChI is InChI=1S/C21H22ClN3O2/c22-15-5-3-14(4-6-15)12-20-18-8-7-17(26)13-19(18)21(27)25(24-20)16-2-1-10-23-11-9-16/h3-8,13,16,23,26H,1-2,9-12H2. The Morgan fingerprint density at radius 3 is 2.74 bits per heavy atom. The second-order valence-corrected chi connectivity index (χ2v) is 7.50. The van der Waals surface area contributed by atoms with Crippen LogP contribution in [0, 0.1) is 0 Å². The van der Waals surface area contributed by atoms with Crippen molar-refractivity contribution in [3.8, 4) is 5.75 Å². The topological polar surface area (TPSA) is 67.1 Å². The number of aromatic nitrogens is 2.